The van der Waals surface area contributed by atoms with Crippen LogP contribution in [-0.4, -0.2) is 39.3 Å². The zero-order valence-corrected chi connectivity index (χ0v) is 19.8. The van der Waals surface area contributed by atoms with E-state index in [9.17, 15) is 25.0 Å². The van der Waals surface area contributed by atoms with Crippen LogP contribution in [0.5, 0.6) is 5.75 Å². The number of carbonyl (C=O) groups is 1. The number of nitrogens with one attached hydrogen (secondary N) is 1. The Hall–Kier alpha value is -4.31. The van der Waals surface area contributed by atoms with Crippen LogP contribution >= 0.6 is 0 Å². The third-order valence-electron chi connectivity index (χ3n) is 7.89. The summed E-state index contributed by atoms with van der Waals surface area (Å²) in [5, 5.41) is 26.6. The minimum Gasteiger partial charge on any atom is -0.489 e. The van der Waals surface area contributed by atoms with E-state index in [2.05, 4.69) is 10.2 Å². The molecule has 0 unspecified atom stereocenters. The molecule has 0 aliphatic carbocycles. The van der Waals surface area contributed by atoms with Crippen molar-refractivity contribution in [3.05, 3.63) is 110 Å². The van der Waals surface area contributed by atoms with E-state index in [1.165, 1.54) is 12.1 Å². The highest BCUT2D eigenvalue weighted by molar-refractivity contribution is 6.07. The van der Waals surface area contributed by atoms with Gasteiger partial charge in [0.05, 0.1) is 10.8 Å². The molecule has 3 heterocycles. The summed E-state index contributed by atoms with van der Waals surface area (Å²) in [6.45, 7) is 0.774. The van der Waals surface area contributed by atoms with E-state index >= 15 is 0 Å². The molecule has 3 aliphatic rings. The minimum absolute atomic E-state index is 0.00364. The molecule has 37 heavy (non-hydrogen) atoms. The summed E-state index contributed by atoms with van der Waals surface area (Å²) in [5.41, 5.74) is 1.41. The molecule has 10 nitrogen and oxygen atoms in total. The second-order valence-electron chi connectivity index (χ2n) is 9.71. The molecule has 1 spiro atoms. The molecule has 3 aromatic rings. The van der Waals surface area contributed by atoms with E-state index < -0.39 is 22.4 Å². The highest BCUT2D eigenvalue weighted by Gasteiger charge is 2.73. The summed E-state index contributed by atoms with van der Waals surface area (Å²) in [4.78, 5) is 38.5. The fourth-order valence-electron chi connectivity index (χ4n) is 6.49. The number of non-ortho nitro benzene ring substituents is 1. The van der Waals surface area contributed by atoms with Crippen LogP contribution in [0.2, 0.25) is 0 Å². The number of benzene rings is 3. The van der Waals surface area contributed by atoms with Crippen molar-refractivity contribution in [1.82, 2.24) is 4.90 Å². The van der Waals surface area contributed by atoms with Crippen LogP contribution in [0.25, 0.3) is 0 Å². The summed E-state index contributed by atoms with van der Waals surface area (Å²) < 4.78 is 5.83. The highest BCUT2D eigenvalue weighted by atomic mass is 16.6. The minimum atomic E-state index is -1.34. The Morgan fingerprint density at radius 2 is 1.81 bits per heavy atom. The van der Waals surface area contributed by atoms with Crippen molar-refractivity contribution in [3.8, 4) is 5.75 Å². The van der Waals surface area contributed by atoms with Gasteiger partial charge in [0.25, 0.3) is 17.6 Å². The molecule has 1 N–H and O–H groups in total. The monoisotopic (exact) mass is 500 g/mol. The number of nitro benzene ring substituents is 1. The molecule has 4 atom stereocenters. The quantitative estimate of drug-likeness (QED) is 0.396. The van der Waals surface area contributed by atoms with Crippen LogP contribution in [0, 0.1) is 20.2 Å². The van der Waals surface area contributed by atoms with Crippen LogP contribution in [0.15, 0.2) is 72.8 Å². The zero-order chi connectivity index (χ0) is 25.7. The average Bonchev–Trinajstić information content (AvgIpc) is 3.56. The van der Waals surface area contributed by atoms with Crippen molar-refractivity contribution in [2.45, 2.75) is 43.0 Å². The maximum Gasteiger partial charge on any atom is 0.269 e. The van der Waals surface area contributed by atoms with E-state index in [4.69, 9.17) is 4.74 Å². The summed E-state index contributed by atoms with van der Waals surface area (Å²) in [5.74, 6) is -0.255. The Morgan fingerprint density at radius 1 is 1.03 bits per heavy atom. The van der Waals surface area contributed by atoms with Gasteiger partial charge in [-0.05, 0) is 42.2 Å². The van der Waals surface area contributed by atoms with Gasteiger partial charge in [0, 0.05) is 40.9 Å². The number of nitrogens with zero attached hydrogens (tertiary/aromatic N) is 3. The Kier molecular flexibility index (Phi) is 5.41. The summed E-state index contributed by atoms with van der Waals surface area (Å²) in [6.07, 6.45) is 1.64. The maximum atomic E-state index is 13.5. The number of anilines is 1. The first-order chi connectivity index (χ1) is 17.9. The topological polar surface area (TPSA) is 128 Å². The normalized spacial score (nSPS) is 26.1. The maximum absolute atomic E-state index is 13.5. The summed E-state index contributed by atoms with van der Waals surface area (Å²) in [6, 6.07) is 19.4. The molecule has 10 heteroatoms. The molecule has 0 radical (unpaired) electrons. The van der Waals surface area contributed by atoms with Gasteiger partial charge in [-0.3, -0.25) is 29.9 Å². The standard InChI is InChI=1S/C27H24N4O6/c32-26-27(21-7-1-2-8-22(21)28-26)25(31(35)36)24(23-9-4-14-29(23)27)18-10-12-20(13-11-18)37-16-17-5-3-6-19(15-17)30(33)34/h1-3,5-8,10-13,15,23-25H,4,9,14,16H2,(H,28,32)/t23-,24+,25-,27+/m1/s1. The predicted molar refractivity (Wildman–Crippen MR) is 134 cm³/mol. The van der Waals surface area contributed by atoms with Crippen LogP contribution in [0.3, 0.4) is 0 Å². The molecule has 0 bridgehead atoms. The van der Waals surface area contributed by atoms with E-state index in [-0.39, 0.29) is 29.2 Å². The number of nitro groups is 2. The smallest absolute Gasteiger partial charge is 0.269 e. The second kappa shape index (κ2) is 8.67. The van der Waals surface area contributed by atoms with Gasteiger partial charge in [-0.2, -0.15) is 0 Å². The second-order valence-corrected chi connectivity index (χ2v) is 9.71. The van der Waals surface area contributed by atoms with Gasteiger partial charge in [-0.25, -0.2) is 0 Å². The lowest BCUT2D eigenvalue weighted by molar-refractivity contribution is -0.534. The van der Waals surface area contributed by atoms with E-state index in [0.717, 1.165) is 18.4 Å². The number of carbonyl (C=O) groups excluding carboxylic acids is 1. The Morgan fingerprint density at radius 3 is 2.57 bits per heavy atom. The predicted octanol–water partition coefficient (Wildman–Crippen LogP) is 4.23. The van der Waals surface area contributed by atoms with Crippen LogP contribution in [0.4, 0.5) is 11.4 Å². The van der Waals surface area contributed by atoms with E-state index in [1.807, 2.05) is 30.3 Å². The average molecular weight is 501 g/mol. The number of rotatable bonds is 6. The van der Waals surface area contributed by atoms with Gasteiger partial charge >= 0.3 is 0 Å². The number of ether oxygens (including phenoxy) is 1. The molecule has 6 rings (SSSR count). The largest absolute Gasteiger partial charge is 0.489 e. The van der Waals surface area contributed by atoms with E-state index in [0.29, 0.717) is 29.1 Å². The molecule has 2 fully saturated rings. The Labute approximate surface area is 212 Å². The lowest BCUT2D eigenvalue weighted by Crippen LogP contribution is -2.55. The van der Waals surface area contributed by atoms with E-state index in [1.54, 1.807) is 30.3 Å². The lowest BCUT2D eigenvalue weighted by Gasteiger charge is -2.32. The van der Waals surface area contributed by atoms with Gasteiger partial charge in [-0.1, -0.05) is 42.5 Å². The first kappa shape index (κ1) is 23.1. The number of amides is 1. The van der Waals surface area contributed by atoms with Crippen LogP contribution < -0.4 is 10.1 Å². The Balaban J connectivity index is 1.31. The number of para-hydroxylation sites is 1. The molecule has 1 amide bonds. The van der Waals surface area contributed by atoms with Crippen molar-refractivity contribution in [1.29, 1.82) is 0 Å². The van der Waals surface area contributed by atoms with Crippen LogP contribution in [-0.2, 0) is 16.9 Å². The van der Waals surface area contributed by atoms with Crippen molar-refractivity contribution in [2.24, 2.45) is 0 Å². The molecule has 0 aromatic heterocycles. The molecule has 188 valence electrons. The summed E-state index contributed by atoms with van der Waals surface area (Å²) >= 11 is 0. The Bertz CT molecular complexity index is 1410. The molecular weight excluding hydrogens is 476 g/mol. The zero-order valence-electron chi connectivity index (χ0n) is 19.8. The van der Waals surface area contributed by atoms with Gasteiger partial charge in [0.1, 0.15) is 12.4 Å². The van der Waals surface area contributed by atoms with Gasteiger partial charge in [0.2, 0.25) is 0 Å². The SMILES string of the molecule is O=C1Nc2ccccc2[C@]12[C@H]([N+](=O)[O-])[C@@H](c1ccc(OCc3cccc([N+](=O)[O-])c3)cc1)[C@H]1CCCN12. The first-order valence-corrected chi connectivity index (χ1v) is 12.2. The third-order valence-corrected chi connectivity index (χ3v) is 7.89. The lowest BCUT2D eigenvalue weighted by atomic mass is 9.77. The van der Waals surface area contributed by atoms with Crippen molar-refractivity contribution in [2.75, 3.05) is 11.9 Å². The fourth-order valence-corrected chi connectivity index (χ4v) is 6.49. The number of hydrogen-bond donors (Lipinski definition) is 1. The van der Waals surface area contributed by atoms with Crippen molar-refractivity contribution in [3.63, 3.8) is 0 Å². The van der Waals surface area contributed by atoms with Gasteiger partial charge in [-0.15, -0.1) is 0 Å². The number of hydrogen-bond acceptors (Lipinski definition) is 7. The molecular formula is C27H24N4O6. The molecule has 0 saturated carbocycles. The molecule has 3 aromatic carbocycles. The van der Waals surface area contributed by atoms with Gasteiger partial charge in [0.15, 0.2) is 5.54 Å². The number of fused-ring (bicyclic) bond motifs is 4. The molecule has 3 aliphatic heterocycles. The third kappa shape index (κ3) is 3.47. The van der Waals surface area contributed by atoms with Crippen molar-refractivity contribution < 1.29 is 19.4 Å². The highest BCUT2D eigenvalue weighted by Crippen LogP contribution is 2.58. The summed E-state index contributed by atoms with van der Waals surface area (Å²) in [7, 11) is 0. The van der Waals surface area contributed by atoms with Crippen molar-refractivity contribution >= 4 is 17.3 Å². The fraction of sp³-hybridized carbons (Fsp3) is 0.296. The van der Waals surface area contributed by atoms with Crippen LogP contribution in [0.1, 0.15) is 35.4 Å². The first-order valence-electron chi connectivity index (χ1n) is 12.2. The molecule has 2 saturated heterocycles. The van der Waals surface area contributed by atoms with Gasteiger partial charge < -0.3 is 10.1 Å².